The Balaban J connectivity index is 1.33. The number of nitrogens with zero attached hydrogens (tertiary/aromatic N) is 1. The van der Waals surface area contributed by atoms with Gasteiger partial charge >= 0.3 is 0 Å². The number of likely N-dealkylation sites (tertiary alicyclic amines) is 1. The van der Waals surface area contributed by atoms with Crippen LogP contribution in [0.25, 0.3) is 11.1 Å². The highest BCUT2D eigenvalue weighted by molar-refractivity contribution is 5.70. The molecular formula is C22H27NO2. The highest BCUT2D eigenvalue weighted by atomic mass is 16.5. The lowest BCUT2D eigenvalue weighted by molar-refractivity contribution is 0.206. The van der Waals surface area contributed by atoms with E-state index in [4.69, 9.17) is 9.47 Å². The molecular weight excluding hydrogens is 310 g/mol. The zero-order valence-electron chi connectivity index (χ0n) is 15.3. The Labute approximate surface area is 150 Å². The van der Waals surface area contributed by atoms with Crippen LogP contribution in [0.4, 0.5) is 0 Å². The van der Waals surface area contributed by atoms with E-state index in [0.29, 0.717) is 6.04 Å². The van der Waals surface area contributed by atoms with Crippen molar-refractivity contribution in [2.75, 3.05) is 26.8 Å². The minimum absolute atomic E-state index is 0.678. The highest BCUT2D eigenvalue weighted by Gasteiger charge is 2.56. The molecule has 2 aromatic rings. The van der Waals surface area contributed by atoms with Crippen molar-refractivity contribution in [2.24, 2.45) is 17.8 Å². The fourth-order valence-corrected chi connectivity index (χ4v) is 4.16. The Bertz CT molecular complexity index is 713. The van der Waals surface area contributed by atoms with Crippen LogP contribution in [0.3, 0.4) is 0 Å². The molecule has 2 atom stereocenters. The average Bonchev–Trinajstić information content (AvgIpc) is 3.09. The van der Waals surface area contributed by atoms with Gasteiger partial charge in [0.1, 0.15) is 11.5 Å². The van der Waals surface area contributed by atoms with Gasteiger partial charge in [0.15, 0.2) is 0 Å². The molecule has 4 rings (SSSR count). The van der Waals surface area contributed by atoms with Gasteiger partial charge in [0.2, 0.25) is 0 Å². The summed E-state index contributed by atoms with van der Waals surface area (Å²) in [6, 6.07) is 17.1. The standard InChI is InChI=1S/C22H27NO2/c1-15(2)23-12-19-20(13-23)21(19)14-25-17-10-8-16(9-11-17)18-6-4-5-7-22(18)24-3/h4-11,15,19-21H,12-14H2,1-3H3. The summed E-state index contributed by atoms with van der Waals surface area (Å²) in [5.41, 5.74) is 2.27. The predicted octanol–water partition coefficient (Wildman–Crippen LogP) is 4.33. The second-order valence-electron chi connectivity index (χ2n) is 7.57. The van der Waals surface area contributed by atoms with E-state index in [2.05, 4.69) is 49.1 Å². The maximum atomic E-state index is 6.06. The third-order valence-electron chi connectivity index (χ3n) is 5.84. The molecule has 1 aliphatic carbocycles. The third kappa shape index (κ3) is 3.25. The average molecular weight is 337 g/mol. The van der Waals surface area contributed by atoms with Gasteiger partial charge in [0, 0.05) is 30.6 Å². The SMILES string of the molecule is COc1ccccc1-c1ccc(OCC2C3CN(C(C)C)CC23)cc1. The molecule has 2 fully saturated rings. The molecule has 1 aliphatic heterocycles. The van der Waals surface area contributed by atoms with Gasteiger partial charge in [-0.3, -0.25) is 0 Å². The first-order valence-corrected chi connectivity index (χ1v) is 9.27. The van der Waals surface area contributed by atoms with E-state index >= 15 is 0 Å². The number of rotatable bonds is 6. The number of para-hydroxylation sites is 1. The molecule has 0 radical (unpaired) electrons. The maximum absolute atomic E-state index is 6.06. The Morgan fingerprint density at radius 1 is 1.00 bits per heavy atom. The summed E-state index contributed by atoms with van der Waals surface area (Å²) < 4.78 is 11.5. The lowest BCUT2D eigenvalue weighted by Gasteiger charge is -2.23. The van der Waals surface area contributed by atoms with Gasteiger partial charge < -0.3 is 14.4 Å². The van der Waals surface area contributed by atoms with Gasteiger partial charge in [-0.05, 0) is 49.4 Å². The molecule has 2 aliphatic rings. The van der Waals surface area contributed by atoms with E-state index < -0.39 is 0 Å². The van der Waals surface area contributed by atoms with Crippen LogP contribution >= 0.6 is 0 Å². The van der Waals surface area contributed by atoms with Crippen LogP contribution in [0.15, 0.2) is 48.5 Å². The highest BCUT2D eigenvalue weighted by Crippen LogP contribution is 2.52. The monoisotopic (exact) mass is 337 g/mol. The van der Waals surface area contributed by atoms with Crippen LogP contribution in [-0.2, 0) is 0 Å². The molecule has 0 N–H and O–H groups in total. The molecule has 1 saturated heterocycles. The molecule has 1 saturated carbocycles. The van der Waals surface area contributed by atoms with E-state index in [1.54, 1.807) is 7.11 Å². The minimum atomic E-state index is 0.678. The van der Waals surface area contributed by atoms with Crippen molar-refractivity contribution in [3.05, 3.63) is 48.5 Å². The number of ether oxygens (including phenoxy) is 2. The van der Waals surface area contributed by atoms with E-state index in [-0.39, 0.29) is 0 Å². The molecule has 132 valence electrons. The first-order valence-electron chi connectivity index (χ1n) is 9.27. The number of piperidine rings is 1. The van der Waals surface area contributed by atoms with Crippen molar-refractivity contribution >= 4 is 0 Å². The number of hydrogen-bond donors (Lipinski definition) is 0. The number of hydrogen-bond acceptors (Lipinski definition) is 3. The maximum Gasteiger partial charge on any atom is 0.126 e. The Morgan fingerprint density at radius 2 is 1.68 bits per heavy atom. The van der Waals surface area contributed by atoms with Crippen LogP contribution < -0.4 is 9.47 Å². The fraction of sp³-hybridized carbons (Fsp3) is 0.455. The minimum Gasteiger partial charge on any atom is -0.496 e. The lowest BCUT2D eigenvalue weighted by Crippen LogP contribution is -2.31. The lowest BCUT2D eigenvalue weighted by atomic mass is 10.0. The number of methoxy groups -OCH3 is 1. The Kier molecular flexibility index (Phi) is 4.43. The van der Waals surface area contributed by atoms with Gasteiger partial charge in [0.05, 0.1) is 13.7 Å². The van der Waals surface area contributed by atoms with Crippen molar-refractivity contribution in [2.45, 2.75) is 19.9 Å². The van der Waals surface area contributed by atoms with Crippen molar-refractivity contribution < 1.29 is 9.47 Å². The number of benzene rings is 2. The van der Waals surface area contributed by atoms with Crippen LogP contribution in [0.1, 0.15) is 13.8 Å². The molecule has 1 heterocycles. The zero-order chi connectivity index (χ0) is 17.4. The van der Waals surface area contributed by atoms with Crippen molar-refractivity contribution in [3.8, 4) is 22.6 Å². The summed E-state index contributed by atoms with van der Waals surface area (Å²) in [6.07, 6.45) is 0. The molecule has 3 heteroatoms. The second kappa shape index (κ2) is 6.72. The fourth-order valence-electron chi connectivity index (χ4n) is 4.16. The Morgan fingerprint density at radius 3 is 2.32 bits per heavy atom. The second-order valence-corrected chi connectivity index (χ2v) is 7.57. The van der Waals surface area contributed by atoms with Gasteiger partial charge in [-0.15, -0.1) is 0 Å². The molecule has 2 unspecified atom stereocenters. The van der Waals surface area contributed by atoms with Crippen LogP contribution in [0.5, 0.6) is 11.5 Å². The summed E-state index contributed by atoms with van der Waals surface area (Å²) in [6.45, 7) is 7.95. The summed E-state index contributed by atoms with van der Waals surface area (Å²) >= 11 is 0. The normalized spacial score (nSPS) is 25.0. The molecule has 2 aromatic carbocycles. The van der Waals surface area contributed by atoms with Gasteiger partial charge in [-0.2, -0.15) is 0 Å². The summed E-state index contributed by atoms with van der Waals surface area (Å²) in [5.74, 6) is 4.33. The van der Waals surface area contributed by atoms with Crippen molar-refractivity contribution in [1.29, 1.82) is 0 Å². The largest absolute Gasteiger partial charge is 0.496 e. The molecule has 0 amide bonds. The van der Waals surface area contributed by atoms with Crippen LogP contribution in [0.2, 0.25) is 0 Å². The first-order chi connectivity index (χ1) is 12.2. The molecule has 0 spiro atoms. The zero-order valence-corrected chi connectivity index (χ0v) is 15.3. The van der Waals surface area contributed by atoms with Crippen LogP contribution in [0, 0.1) is 17.8 Å². The molecule has 25 heavy (non-hydrogen) atoms. The smallest absolute Gasteiger partial charge is 0.126 e. The van der Waals surface area contributed by atoms with E-state index in [1.807, 2.05) is 18.2 Å². The number of fused-ring (bicyclic) bond motifs is 1. The van der Waals surface area contributed by atoms with Crippen molar-refractivity contribution in [1.82, 2.24) is 4.90 Å². The summed E-state index contributed by atoms with van der Waals surface area (Å²) in [5, 5.41) is 0. The van der Waals surface area contributed by atoms with E-state index in [9.17, 15) is 0 Å². The quantitative estimate of drug-likeness (QED) is 0.783. The van der Waals surface area contributed by atoms with Gasteiger partial charge in [-0.25, -0.2) is 0 Å². The van der Waals surface area contributed by atoms with E-state index in [1.165, 1.54) is 13.1 Å². The van der Waals surface area contributed by atoms with Gasteiger partial charge in [-0.1, -0.05) is 30.3 Å². The third-order valence-corrected chi connectivity index (χ3v) is 5.84. The summed E-state index contributed by atoms with van der Waals surface area (Å²) in [7, 11) is 1.71. The molecule has 0 aromatic heterocycles. The summed E-state index contributed by atoms with van der Waals surface area (Å²) in [4.78, 5) is 2.59. The first kappa shape index (κ1) is 16.5. The molecule has 3 nitrogen and oxygen atoms in total. The van der Waals surface area contributed by atoms with Crippen molar-refractivity contribution in [3.63, 3.8) is 0 Å². The Hall–Kier alpha value is -2.00. The van der Waals surface area contributed by atoms with E-state index in [0.717, 1.165) is 47.0 Å². The predicted molar refractivity (Wildman–Crippen MR) is 101 cm³/mol. The van der Waals surface area contributed by atoms with Gasteiger partial charge in [0.25, 0.3) is 0 Å². The van der Waals surface area contributed by atoms with Crippen LogP contribution in [-0.4, -0.2) is 37.7 Å². The molecule has 0 bridgehead atoms. The topological polar surface area (TPSA) is 21.7 Å².